The van der Waals surface area contributed by atoms with Crippen molar-refractivity contribution in [2.24, 2.45) is 0 Å². The number of hydrogen-bond donors (Lipinski definition) is 3. The van der Waals surface area contributed by atoms with Crippen LogP contribution in [0.4, 0.5) is 5.82 Å². The lowest BCUT2D eigenvalue weighted by Gasteiger charge is -1.97. The van der Waals surface area contributed by atoms with E-state index in [0.29, 0.717) is 5.69 Å². The molecule has 64 valence electrons. The third-order valence-electron chi connectivity index (χ3n) is 1.16. The first-order valence-electron chi connectivity index (χ1n) is 3.15. The van der Waals surface area contributed by atoms with Crippen LogP contribution in [0.15, 0.2) is 6.07 Å². The maximum atomic E-state index is 10.3. The number of aliphatic carboxylic acids is 1. The van der Waals surface area contributed by atoms with Crippen molar-refractivity contribution in [3.05, 3.63) is 16.5 Å². The van der Waals surface area contributed by atoms with E-state index in [2.05, 4.69) is 9.97 Å². The number of H-pyrrole nitrogens is 1. The van der Waals surface area contributed by atoms with Gasteiger partial charge in [0.15, 0.2) is 4.77 Å². The number of aromatic nitrogens is 2. The van der Waals surface area contributed by atoms with Crippen LogP contribution < -0.4 is 5.73 Å². The van der Waals surface area contributed by atoms with Crippen LogP contribution in [-0.4, -0.2) is 21.0 Å². The van der Waals surface area contributed by atoms with Crippen LogP contribution in [0.2, 0.25) is 0 Å². The highest BCUT2D eigenvalue weighted by Crippen LogP contribution is 2.00. The lowest BCUT2D eigenvalue weighted by molar-refractivity contribution is -0.136. The van der Waals surface area contributed by atoms with Crippen LogP contribution >= 0.6 is 12.2 Å². The molecule has 1 aromatic rings. The molecule has 0 aliphatic heterocycles. The summed E-state index contributed by atoms with van der Waals surface area (Å²) < 4.78 is 0.200. The number of nitrogens with two attached hydrogens (primary N) is 1. The first-order chi connectivity index (χ1) is 5.58. The maximum absolute atomic E-state index is 10.3. The van der Waals surface area contributed by atoms with E-state index in [4.69, 9.17) is 23.1 Å². The van der Waals surface area contributed by atoms with Crippen LogP contribution in [0.3, 0.4) is 0 Å². The molecule has 6 heteroatoms. The second-order valence-electron chi connectivity index (χ2n) is 2.21. The van der Waals surface area contributed by atoms with Crippen molar-refractivity contribution >= 4 is 24.0 Å². The summed E-state index contributed by atoms with van der Waals surface area (Å²) >= 11 is 4.70. The van der Waals surface area contributed by atoms with E-state index >= 15 is 0 Å². The predicted octanol–water partition coefficient (Wildman–Crippen LogP) is 0.348. The fourth-order valence-corrected chi connectivity index (χ4v) is 1.02. The normalized spacial score (nSPS) is 9.67. The quantitative estimate of drug-likeness (QED) is 0.578. The van der Waals surface area contributed by atoms with Gasteiger partial charge in [-0.15, -0.1) is 0 Å². The summed E-state index contributed by atoms with van der Waals surface area (Å²) in [5.74, 6) is -0.707. The number of nitrogens with zero attached hydrogens (tertiary/aromatic N) is 1. The van der Waals surface area contributed by atoms with Gasteiger partial charge in [0.1, 0.15) is 5.82 Å². The summed E-state index contributed by atoms with van der Waals surface area (Å²) in [4.78, 5) is 16.6. The number of carboxylic acids is 1. The largest absolute Gasteiger partial charge is 0.481 e. The molecule has 0 saturated heterocycles. The smallest absolute Gasteiger partial charge is 0.309 e. The molecule has 0 aromatic carbocycles. The summed E-state index contributed by atoms with van der Waals surface area (Å²) in [5.41, 5.74) is 5.80. The van der Waals surface area contributed by atoms with Gasteiger partial charge in [0, 0.05) is 11.8 Å². The molecule has 0 aliphatic rings. The third kappa shape index (κ3) is 2.31. The van der Waals surface area contributed by atoms with Gasteiger partial charge in [-0.3, -0.25) is 4.79 Å². The molecule has 0 saturated carbocycles. The molecule has 0 spiro atoms. The Bertz CT molecular complexity index is 360. The van der Waals surface area contributed by atoms with Gasteiger partial charge in [0.05, 0.1) is 6.42 Å². The van der Waals surface area contributed by atoms with E-state index in [1.807, 2.05) is 0 Å². The predicted molar refractivity (Wildman–Crippen MR) is 45.2 cm³/mol. The summed E-state index contributed by atoms with van der Waals surface area (Å²) in [6.45, 7) is 0. The highest BCUT2D eigenvalue weighted by atomic mass is 32.1. The van der Waals surface area contributed by atoms with Gasteiger partial charge in [-0.1, -0.05) is 0 Å². The zero-order valence-corrected chi connectivity index (χ0v) is 6.89. The molecule has 0 radical (unpaired) electrons. The number of hydrogen-bond acceptors (Lipinski definition) is 4. The van der Waals surface area contributed by atoms with Crippen LogP contribution in [0, 0.1) is 4.77 Å². The van der Waals surface area contributed by atoms with Gasteiger partial charge in [0.25, 0.3) is 0 Å². The zero-order chi connectivity index (χ0) is 9.14. The number of nitrogens with one attached hydrogen (secondary N) is 1. The van der Waals surface area contributed by atoms with E-state index in [-0.39, 0.29) is 17.0 Å². The van der Waals surface area contributed by atoms with Crippen molar-refractivity contribution in [3.8, 4) is 0 Å². The zero-order valence-electron chi connectivity index (χ0n) is 6.07. The van der Waals surface area contributed by atoms with Crippen molar-refractivity contribution in [1.82, 2.24) is 9.97 Å². The van der Waals surface area contributed by atoms with Crippen molar-refractivity contribution in [3.63, 3.8) is 0 Å². The van der Waals surface area contributed by atoms with Crippen LogP contribution in [0.25, 0.3) is 0 Å². The minimum absolute atomic E-state index is 0.129. The second-order valence-corrected chi connectivity index (χ2v) is 2.59. The highest BCUT2D eigenvalue weighted by molar-refractivity contribution is 7.71. The molecule has 0 aliphatic carbocycles. The molecule has 1 aromatic heterocycles. The number of aromatic amines is 1. The molecule has 0 fully saturated rings. The Balaban J connectivity index is 3.01. The molecule has 0 atom stereocenters. The average Bonchev–Trinajstić information content (AvgIpc) is 1.81. The summed E-state index contributed by atoms with van der Waals surface area (Å²) in [5, 5.41) is 8.43. The van der Waals surface area contributed by atoms with Gasteiger partial charge in [-0.25, -0.2) is 4.98 Å². The van der Waals surface area contributed by atoms with Gasteiger partial charge in [0.2, 0.25) is 0 Å². The van der Waals surface area contributed by atoms with Gasteiger partial charge in [-0.2, -0.15) is 0 Å². The summed E-state index contributed by atoms with van der Waals surface area (Å²) in [6, 6.07) is 1.45. The van der Waals surface area contributed by atoms with E-state index in [1.54, 1.807) is 0 Å². The standard InChI is InChI=1S/C6H7N3O2S/c7-4-1-3(2-5(10)11)8-6(12)9-4/h1H,2H2,(H,10,11)(H3,7,8,9,12). The minimum Gasteiger partial charge on any atom is -0.481 e. The molecule has 0 unspecified atom stereocenters. The number of rotatable bonds is 2. The lowest BCUT2D eigenvalue weighted by atomic mass is 10.3. The Morgan fingerprint density at radius 1 is 1.83 bits per heavy atom. The van der Waals surface area contributed by atoms with Gasteiger partial charge < -0.3 is 15.8 Å². The van der Waals surface area contributed by atoms with Crippen molar-refractivity contribution < 1.29 is 9.90 Å². The Morgan fingerprint density at radius 2 is 2.50 bits per heavy atom. The molecular weight excluding hydrogens is 178 g/mol. The molecule has 1 heterocycles. The monoisotopic (exact) mass is 185 g/mol. The van der Waals surface area contributed by atoms with Crippen molar-refractivity contribution in [1.29, 1.82) is 0 Å². The highest BCUT2D eigenvalue weighted by Gasteiger charge is 2.01. The maximum Gasteiger partial charge on any atom is 0.309 e. The Kier molecular flexibility index (Phi) is 2.39. The van der Waals surface area contributed by atoms with Crippen molar-refractivity contribution in [2.75, 3.05) is 5.73 Å². The SMILES string of the molecule is Nc1cc(CC(=O)O)[nH]c(=S)n1. The van der Waals surface area contributed by atoms with E-state index in [1.165, 1.54) is 6.07 Å². The lowest BCUT2D eigenvalue weighted by Crippen LogP contribution is -2.04. The Morgan fingerprint density at radius 3 is 3.00 bits per heavy atom. The second kappa shape index (κ2) is 3.31. The average molecular weight is 185 g/mol. The van der Waals surface area contributed by atoms with Crippen molar-refractivity contribution in [2.45, 2.75) is 6.42 Å². The first-order valence-corrected chi connectivity index (χ1v) is 3.56. The number of nitrogen functional groups attached to an aromatic ring is 1. The van der Waals surface area contributed by atoms with E-state index < -0.39 is 5.97 Å². The van der Waals surface area contributed by atoms with Crippen LogP contribution in [0.1, 0.15) is 5.69 Å². The Labute approximate surface area is 73.3 Å². The van der Waals surface area contributed by atoms with Crippen LogP contribution in [-0.2, 0) is 11.2 Å². The molecule has 12 heavy (non-hydrogen) atoms. The molecule has 1 rings (SSSR count). The molecular formula is C6H7N3O2S. The molecule has 0 amide bonds. The fraction of sp³-hybridized carbons (Fsp3) is 0.167. The summed E-state index contributed by atoms with van der Waals surface area (Å²) in [6.07, 6.45) is -0.129. The molecule has 5 nitrogen and oxygen atoms in total. The fourth-order valence-electron chi connectivity index (χ4n) is 0.788. The minimum atomic E-state index is -0.939. The number of carbonyl (C=O) groups is 1. The summed E-state index contributed by atoms with van der Waals surface area (Å²) in [7, 11) is 0. The van der Waals surface area contributed by atoms with E-state index in [0.717, 1.165) is 0 Å². The van der Waals surface area contributed by atoms with Gasteiger partial charge in [-0.05, 0) is 12.2 Å². The Hall–Kier alpha value is -1.43. The molecule has 0 bridgehead atoms. The topological polar surface area (TPSA) is 92.0 Å². The van der Waals surface area contributed by atoms with Crippen LogP contribution in [0.5, 0.6) is 0 Å². The van der Waals surface area contributed by atoms with E-state index in [9.17, 15) is 4.79 Å². The molecule has 4 N–H and O–H groups in total. The number of anilines is 1. The first kappa shape index (κ1) is 8.66. The third-order valence-corrected chi connectivity index (χ3v) is 1.36. The number of carboxylic acid groups (broad SMARTS) is 1. The van der Waals surface area contributed by atoms with Gasteiger partial charge >= 0.3 is 5.97 Å².